The van der Waals surface area contributed by atoms with Gasteiger partial charge in [0.15, 0.2) is 5.78 Å². The van der Waals surface area contributed by atoms with E-state index in [1.54, 1.807) is 0 Å². The lowest BCUT2D eigenvalue weighted by Gasteiger charge is -2.10. The Kier molecular flexibility index (Phi) is 3.98. The molecule has 1 rings (SSSR count). The molecule has 17 heavy (non-hydrogen) atoms. The minimum absolute atomic E-state index is 0.202. The first kappa shape index (κ1) is 13.3. The van der Waals surface area contributed by atoms with E-state index in [1.807, 2.05) is 0 Å². The summed E-state index contributed by atoms with van der Waals surface area (Å²) in [7, 11) is 0. The summed E-state index contributed by atoms with van der Waals surface area (Å²) in [5.74, 6) is -0.0579. The number of halogens is 3. The van der Waals surface area contributed by atoms with Crippen molar-refractivity contribution in [2.75, 3.05) is 12.3 Å². The van der Waals surface area contributed by atoms with Gasteiger partial charge < -0.3 is 10.5 Å². The van der Waals surface area contributed by atoms with E-state index >= 15 is 0 Å². The first-order chi connectivity index (χ1) is 7.79. The average molecular weight is 247 g/mol. The third-order valence-electron chi connectivity index (χ3n) is 2.06. The Bertz CT molecular complexity index is 416. The van der Waals surface area contributed by atoms with Crippen LogP contribution in [0.1, 0.15) is 23.7 Å². The number of rotatable bonds is 4. The molecule has 0 aliphatic heterocycles. The lowest BCUT2D eigenvalue weighted by molar-refractivity contribution is -0.139. The highest BCUT2D eigenvalue weighted by Gasteiger charge is 2.26. The van der Waals surface area contributed by atoms with Crippen molar-refractivity contribution in [2.24, 2.45) is 0 Å². The molecule has 0 fully saturated rings. The number of ketones is 1. The molecule has 6 heteroatoms. The molecule has 94 valence electrons. The molecular formula is C11H12F3NO2. The fourth-order valence-electron chi connectivity index (χ4n) is 1.21. The molecule has 0 spiro atoms. The van der Waals surface area contributed by atoms with Gasteiger partial charge in [0.05, 0.1) is 13.0 Å². The summed E-state index contributed by atoms with van der Waals surface area (Å²) in [5, 5.41) is 0. The van der Waals surface area contributed by atoms with E-state index in [0.29, 0.717) is 0 Å². The maximum atomic E-state index is 11.9. The highest BCUT2D eigenvalue weighted by atomic mass is 19.4. The van der Waals surface area contributed by atoms with E-state index in [4.69, 9.17) is 10.5 Å². The van der Waals surface area contributed by atoms with Crippen LogP contribution in [0.4, 0.5) is 18.9 Å². The summed E-state index contributed by atoms with van der Waals surface area (Å²) in [6.45, 7) is 0.843. The van der Waals surface area contributed by atoms with Crippen LogP contribution < -0.4 is 10.5 Å². The zero-order valence-electron chi connectivity index (χ0n) is 9.17. The molecule has 0 aliphatic carbocycles. The van der Waals surface area contributed by atoms with Crippen LogP contribution in [0.15, 0.2) is 18.2 Å². The molecule has 3 nitrogen and oxygen atoms in total. The lowest BCUT2D eigenvalue weighted by atomic mass is 10.1. The molecule has 2 N–H and O–H groups in total. The number of carbonyl (C=O) groups excluding carboxylic acids is 1. The van der Waals surface area contributed by atoms with Crippen molar-refractivity contribution in [1.82, 2.24) is 0 Å². The SMILES string of the molecule is CC(=O)c1cc(OCCC(F)(F)F)ccc1N. The Balaban J connectivity index is 2.67. The standard InChI is InChI=1S/C11H12F3NO2/c1-7(16)9-6-8(2-3-10(9)15)17-5-4-11(12,13)14/h2-3,6H,4-5,15H2,1H3. The monoisotopic (exact) mass is 247 g/mol. The summed E-state index contributed by atoms with van der Waals surface area (Å²) < 4.78 is 40.5. The summed E-state index contributed by atoms with van der Waals surface area (Å²) in [4.78, 5) is 11.1. The van der Waals surface area contributed by atoms with E-state index in [-0.39, 0.29) is 22.8 Å². The van der Waals surface area contributed by atoms with Gasteiger partial charge >= 0.3 is 6.18 Å². The van der Waals surface area contributed by atoms with Crippen LogP contribution in [0.2, 0.25) is 0 Å². The van der Waals surface area contributed by atoms with E-state index in [2.05, 4.69) is 0 Å². The number of hydrogen-bond donors (Lipinski definition) is 1. The largest absolute Gasteiger partial charge is 0.493 e. The topological polar surface area (TPSA) is 52.3 Å². The van der Waals surface area contributed by atoms with Gasteiger partial charge in [-0.3, -0.25) is 4.79 Å². The Hall–Kier alpha value is -1.72. The second-order valence-corrected chi connectivity index (χ2v) is 3.52. The maximum absolute atomic E-state index is 11.9. The molecule has 0 saturated heterocycles. The highest BCUT2D eigenvalue weighted by Crippen LogP contribution is 2.23. The van der Waals surface area contributed by atoms with Crippen molar-refractivity contribution < 1.29 is 22.7 Å². The number of nitrogens with two attached hydrogens (primary N) is 1. The van der Waals surface area contributed by atoms with Crippen LogP contribution in [-0.2, 0) is 0 Å². The van der Waals surface area contributed by atoms with Gasteiger partial charge in [-0.2, -0.15) is 13.2 Å². The summed E-state index contributed by atoms with van der Waals surface area (Å²) in [5.41, 5.74) is 6.06. The molecule has 0 radical (unpaired) electrons. The molecule has 0 bridgehead atoms. The van der Waals surface area contributed by atoms with Crippen molar-refractivity contribution in [3.63, 3.8) is 0 Å². The zero-order valence-corrected chi connectivity index (χ0v) is 9.17. The number of hydrogen-bond acceptors (Lipinski definition) is 3. The molecule has 0 aromatic heterocycles. The molecule has 0 atom stereocenters. The van der Waals surface area contributed by atoms with Gasteiger partial charge in [-0.05, 0) is 25.1 Å². The van der Waals surface area contributed by atoms with Crippen molar-refractivity contribution >= 4 is 11.5 Å². The van der Waals surface area contributed by atoms with Crippen molar-refractivity contribution in [3.05, 3.63) is 23.8 Å². The number of nitrogen functional groups attached to an aromatic ring is 1. The highest BCUT2D eigenvalue weighted by molar-refractivity contribution is 5.99. The number of ether oxygens (including phenoxy) is 1. The fraction of sp³-hybridized carbons (Fsp3) is 0.364. The second-order valence-electron chi connectivity index (χ2n) is 3.52. The number of anilines is 1. The van der Waals surface area contributed by atoms with Gasteiger partial charge in [-0.15, -0.1) is 0 Å². The van der Waals surface area contributed by atoms with E-state index < -0.39 is 19.2 Å². The Morgan fingerprint density at radius 3 is 2.59 bits per heavy atom. The summed E-state index contributed by atoms with van der Waals surface area (Å²) in [6, 6.07) is 4.20. The molecule has 0 aliphatic rings. The number of benzene rings is 1. The van der Waals surface area contributed by atoms with Crippen molar-refractivity contribution in [2.45, 2.75) is 19.5 Å². The van der Waals surface area contributed by atoms with Crippen LogP contribution in [-0.4, -0.2) is 18.6 Å². The van der Waals surface area contributed by atoms with Crippen molar-refractivity contribution in [3.8, 4) is 5.75 Å². The number of alkyl halides is 3. The predicted octanol–water partition coefficient (Wildman–Crippen LogP) is 2.80. The van der Waals surface area contributed by atoms with Gasteiger partial charge in [0.1, 0.15) is 5.75 Å². The lowest BCUT2D eigenvalue weighted by Crippen LogP contribution is -2.13. The smallest absolute Gasteiger partial charge is 0.392 e. The molecule has 0 unspecified atom stereocenters. The van der Waals surface area contributed by atoms with Gasteiger partial charge in [0.2, 0.25) is 0 Å². The molecule has 0 amide bonds. The molecule has 1 aromatic carbocycles. The molecule has 0 heterocycles. The van der Waals surface area contributed by atoms with Crippen LogP contribution in [0.3, 0.4) is 0 Å². The summed E-state index contributed by atoms with van der Waals surface area (Å²) >= 11 is 0. The summed E-state index contributed by atoms with van der Waals surface area (Å²) in [6.07, 6.45) is -5.29. The Morgan fingerprint density at radius 1 is 1.41 bits per heavy atom. The minimum atomic E-state index is -4.25. The van der Waals surface area contributed by atoms with Crippen LogP contribution in [0.5, 0.6) is 5.75 Å². The second kappa shape index (κ2) is 5.07. The maximum Gasteiger partial charge on any atom is 0.392 e. The third kappa shape index (κ3) is 4.34. The first-order valence-electron chi connectivity index (χ1n) is 4.89. The third-order valence-corrected chi connectivity index (χ3v) is 2.06. The zero-order chi connectivity index (χ0) is 13.1. The van der Waals surface area contributed by atoms with Crippen LogP contribution >= 0.6 is 0 Å². The number of Topliss-reactive ketones (excluding diaryl/α,β-unsaturated/α-hetero) is 1. The predicted molar refractivity (Wildman–Crippen MR) is 57.0 cm³/mol. The average Bonchev–Trinajstić information content (AvgIpc) is 2.18. The van der Waals surface area contributed by atoms with Crippen LogP contribution in [0, 0.1) is 0 Å². The number of carbonyl (C=O) groups is 1. The Labute approximate surface area is 96.4 Å². The van der Waals surface area contributed by atoms with E-state index in [0.717, 1.165) is 0 Å². The van der Waals surface area contributed by atoms with E-state index in [9.17, 15) is 18.0 Å². The van der Waals surface area contributed by atoms with Gasteiger partial charge in [-0.25, -0.2) is 0 Å². The molecule has 0 saturated carbocycles. The van der Waals surface area contributed by atoms with E-state index in [1.165, 1.54) is 25.1 Å². The minimum Gasteiger partial charge on any atom is -0.493 e. The van der Waals surface area contributed by atoms with Gasteiger partial charge in [0.25, 0.3) is 0 Å². The Morgan fingerprint density at radius 2 is 2.06 bits per heavy atom. The normalized spacial score (nSPS) is 11.3. The fourth-order valence-corrected chi connectivity index (χ4v) is 1.21. The van der Waals surface area contributed by atoms with Gasteiger partial charge in [-0.1, -0.05) is 0 Å². The first-order valence-corrected chi connectivity index (χ1v) is 4.89. The quantitative estimate of drug-likeness (QED) is 0.657. The van der Waals surface area contributed by atoms with Crippen LogP contribution in [0.25, 0.3) is 0 Å². The molecule has 1 aromatic rings. The van der Waals surface area contributed by atoms with Crippen molar-refractivity contribution in [1.29, 1.82) is 0 Å². The van der Waals surface area contributed by atoms with Gasteiger partial charge in [0, 0.05) is 11.3 Å². The molecular weight excluding hydrogens is 235 g/mol.